The van der Waals surface area contributed by atoms with Gasteiger partial charge in [0.25, 0.3) is 5.91 Å². The SMILES string of the molecule is Cc1cc(-c2ccccn2)nc2c(C(=O)NC(C3CC3)C(F)(F)F)cnn12. The molecule has 0 aromatic carbocycles. The first-order chi connectivity index (χ1) is 12.8. The molecule has 0 spiro atoms. The van der Waals surface area contributed by atoms with Gasteiger partial charge in [0, 0.05) is 11.9 Å². The summed E-state index contributed by atoms with van der Waals surface area (Å²) in [4.78, 5) is 21.2. The highest BCUT2D eigenvalue weighted by atomic mass is 19.4. The van der Waals surface area contributed by atoms with Crippen molar-refractivity contribution in [3.05, 3.63) is 47.9 Å². The van der Waals surface area contributed by atoms with Crippen LogP contribution in [0.2, 0.25) is 0 Å². The lowest BCUT2D eigenvalue weighted by Crippen LogP contribution is -2.46. The highest BCUT2D eigenvalue weighted by molar-refractivity contribution is 6.00. The number of halogens is 3. The van der Waals surface area contributed by atoms with Gasteiger partial charge in [0.2, 0.25) is 0 Å². The topological polar surface area (TPSA) is 72.2 Å². The Hall–Kier alpha value is -2.97. The largest absolute Gasteiger partial charge is 0.408 e. The molecule has 1 aliphatic rings. The molecule has 3 heterocycles. The number of aromatic nitrogens is 4. The van der Waals surface area contributed by atoms with Crippen LogP contribution in [0.25, 0.3) is 17.0 Å². The number of hydrogen-bond donors (Lipinski definition) is 1. The van der Waals surface area contributed by atoms with Gasteiger partial charge in [-0.3, -0.25) is 9.78 Å². The molecule has 3 aromatic heterocycles. The molecule has 0 aliphatic heterocycles. The molecule has 27 heavy (non-hydrogen) atoms. The van der Waals surface area contributed by atoms with Crippen LogP contribution in [-0.2, 0) is 0 Å². The van der Waals surface area contributed by atoms with Gasteiger partial charge in [-0.2, -0.15) is 18.3 Å². The highest BCUT2D eigenvalue weighted by Crippen LogP contribution is 2.40. The van der Waals surface area contributed by atoms with E-state index in [1.165, 1.54) is 10.7 Å². The minimum absolute atomic E-state index is 0.00535. The van der Waals surface area contributed by atoms with Crippen LogP contribution in [0.4, 0.5) is 13.2 Å². The lowest BCUT2D eigenvalue weighted by molar-refractivity contribution is -0.158. The van der Waals surface area contributed by atoms with E-state index in [4.69, 9.17) is 0 Å². The third-order valence-electron chi connectivity index (χ3n) is 4.55. The molecule has 1 atom stereocenters. The summed E-state index contributed by atoms with van der Waals surface area (Å²) in [5.74, 6) is -1.39. The fourth-order valence-electron chi connectivity index (χ4n) is 3.03. The maximum Gasteiger partial charge on any atom is 0.408 e. The second-order valence-electron chi connectivity index (χ2n) is 6.62. The Kier molecular flexibility index (Phi) is 4.09. The van der Waals surface area contributed by atoms with E-state index in [-0.39, 0.29) is 11.2 Å². The number of amides is 1. The van der Waals surface area contributed by atoms with Crippen LogP contribution < -0.4 is 5.32 Å². The fourth-order valence-corrected chi connectivity index (χ4v) is 3.03. The van der Waals surface area contributed by atoms with Crippen LogP contribution in [-0.4, -0.2) is 37.7 Å². The number of pyridine rings is 1. The van der Waals surface area contributed by atoms with Gasteiger partial charge in [-0.05, 0) is 43.9 Å². The summed E-state index contributed by atoms with van der Waals surface area (Å²) in [6, 6.07) is 5.24. The van der Waals surface area contributed by atoms with Crippen LogP contribution in [0.5, 0.6) is 0 Å². The lowest BCUT2D eigenvalue weighted by Gasteiger charge is -2.20. The molecule has 0 radical (unpaired) electrons. The number of alkyl halides is 3. The zero-order valence-electron chi connectivity index (χ0n) is 14.4. The predicted molar refractivity (Wildman–Crippen MR) is 91.0 cm³/mol. The Morgan fingerprint density at radius 2 is 2.07 bits per heavy atom. The second-order valence-corrected chi connectivity index (χ2v) is 6.62. The quantitative estimate of drug-likeness (QED) is 0.760. The summed E-state index contributed by atoms with van der Waals surface area (Å²) >= 11 is 0. The van der Waals surface area contributed by atoms with E-state index in [1.54, 1.807) is 37.4 Å². The van der Waals surface area contributed by atoms with Crippen LogP contribution in [0, 0.1) is 12.8 Å². The van der Waals surface area contributed by atoms with Crippen molar-refractivity contribution in [3.8, 4) is 11.4 Å². The molecule has 1 N–H and O–H groups in total. The fraction of sp³-hybridized carbons (Fsp3) is 0.333. The van der Waals surface area contributed by atoms with Crippen LogP contribution >= 0.6 is 0 Å². The average Bonchev–Trinajstić information content (AvgIpc) is 3.37. The summed E-state index contributed by atoms with van der Waals surface area (Å²) in [5.41, 5.74) is 2.01. The third kappa shape index (κ3) is 3.36. The van der Waals surface area contributed by atoms with Gasteiger partial charge in [0.15, 0.2) is 5.65 Å². The smallest absolute Gasteiger partial charge is 0.340 e. The molecule has 0 bridgehead atoms. The number of hydrogen-bond acceptors (Lipinski definition) is 4. The molecule has 9 heteroatoms. The molecule has 1 fully saturated rings. The molecule has 1 amide bonds. The number of aryl methyl sites for hydroxylation is 1. The first-order valence-corrected chi connectivity index (χ1v) is 8.49. The molecule has 3 aromatic rings. The summed E-state index contributed by atoms with van der Waals surface area (Å²) in [6.07, 6.45) is -0.708. The summed E-state index contributed by atoms with van der Waals surface area (Å²) in [5, 5.41) is 6.21. The Morgan fingerprint density at radius 1 is 1.30 bits per heavy atom. The van der Waals surface area contributed by atoms with E-state index in [0.717, 1.165) is 0 Å². The molecule has 1 saturated carbocycles. The minimum Gasteiger partial charge on any atom is -0.340 e. The first-order valence-electron chi connectivity index (χ1n) is 8.49. The number of carbonyl (C=O) groups is 1. The van der Waals surface area contributed by atoms with Crippen molar-refractivity contribution >= 4 is 11.6 Å². The minimum atomic E-state index is -4.48. The van der Waals surface area contributed by atoms with Gasteiger partial charge < -0.3 is 5.32 Å². The van der Waals surface area contributed by atoms with E-state index in [0.29, 0.717) is 29.9 Å². The zero-order chi connectivity index (χ0) is 19.2. The molecule has 140 valence electrons. The number of fused-ring (bicyclic) bond motifs is 1. The Balaban J connectivity index is 1.71. The van der Waals surface area contributed by atoms with Crippen molar-refractivity contribution in [2.75, 3.05) is 0 Å². The normalized spacial score (nSPS) is 15.7. The summed E-state index contributed by atoms with van der Waals surface area (Å²) < 4.78 is 41.1. The van der Waals surface area contributed by atoms with Crippen LogP contribution in [0.1, 0.15) is 28.9 Å². The lowest BCUT2D eigenvalue weighted by atomic mass is 10.1. The van der Waals surface area contributed by atoms with E-state index in [9.17, 15) is 18.0 Å². The molecule has 1 aliphatic carbocycles. The Labute approximate surface area is 152 Å². The van der Waals surface area contributed by atoms with Gasteiger partial charge in [0.1, 0.15) is 11.6 Å². The van der Waals surface area contributed by atoms with Crippen LogP contribution in [0.3, 0.4) is 0 Å². The monoisotopic (exact) mass is 375 g/mol. The van der Waals surface area contributed by atoms with Gasteiger partial charge in [-0.15, -0.1) is 0 Å². The molecule has 4 rings (SSSR count). The van der Waals surface area contributed by atoms with Gasteiger partial charge >= 0.3 is 6.18 Å². The number of carbonyl (C=O) groups excluding carboxylic acids is 1. The maximum atomic E-state index is 13.2. The van der Waals surface area contributed by atoms with Crippen molar-refractivity contribution in [1.29, 1.82) is 0 Å². The Morgan fingerprint density at radius 3 is 2.70 bits per heavy atom. The second kappa shape index (κ2) is 6.33. The van der Waals surface area contributed by atoms with Gasteiger partial charge in [0.05, 0.1) is 17.6 Å². The third-order valence-corrected chi connectivity index (χ3v) is 4.55. The molecular weight excluding hydrogens is 359 g/mol. The van der Waals surface area contributed by atoms with E-state index < -0.39 is 24.0 Å². The first kappa shape index (κ1) is 17.4. The molecule has 0 saturated heterocycles. The van der Waals surface area contributed by atoms with Crippen molar-refractivity contribution in [2.24, 2.45) is 5.92 Å². The van der Waals surface area contributed by atoms with Crippen molar-refractivity contribution in [3.63, 3.8) is 0 Å². The molecule has 6 nitrogen and oxygen atoms in total. The van der Waals surface area contributed by atoms with Crippen molar-refractivity contribution < 1.29 is 18.0 Å². The van der Waals surface area contributed by atoms with Crippen molar-refractivity contribution in [2.45, 2.75) is 32.0 Å². The van der Waals surface area contributed by atoms with Crippen LogP contribution in [0.15, 0.2) is 36.7 Å². The molecular formula is C18H16F3N5O. The average molecular weight is 375 g/mol. The van der Waals surface area contributed by atoms with Gasteiger partial charge in [-0.25, -0.2) is 9.50 Å². The highest BCUT2D eigenvalue weighted by Gasteiger charge is 2.49. The predicted octanol–water partition coefficient (Wildman–Crippen LogP) is 3.17. The summed E-state index contributed by atoms with van der Waals surface area (Å²) in [7, 11) is 0. The zero-order valence-corrected chi connectivity index (χ0v) is 14.4. The van der Waals surface area contributed by atoms with Crippen molar-refractivity contribution in [1.82, 2.24) is 24.9 Å². The number of nitrogens with zero attached hydrogens (tertiary/aromatic N) is 4. The standard InChI is InChI=1S/C18H16F3N5O/c1-10-8-14(13-4-2-3-7-22-13)24-16-12(9-23-26(10)16)17(27)25-15(11-5-6-11)18(19,20)21/h2-4,7-9,11,15H,5-6H2,1H3,(H,25,27). The van der Waals surface area contributed by atoms with E-state index >= 15 is 0 Å². The molecule has 1 unspecified atom stereocenters. The number of nitrogens with one attached hydrogen (secondary N) is 1. The maximum absolute atomic E-state index is 13.2. The number of rotatable bonds is 4. The summed E-state index contributed by atoms with van der Waals surface area (Å²) in [6.45, 7) is 1.78. The van der Waals surface area contributed by atoms with Gasteiger partial charge in [-0.1, -0.05) is 6.07 Å². The van der Waals surface area contributed by atoms with E-state index in [1.807, 2.05) is 0 Å². The van der Waals surface area contributed by atoms with E-state index in [2.05, 4.69) is 20.4 Å². The Bertz CT molecular complexity index is 995.